The highest BCUT2D eigenvalue weighted by Gasteiger charge is 2.45. The van der Waals surface area contributed by atoms with Crippen LogP contribution in [0.25, 0.3) is 0 Å². The number of amides is 1. The predicted molar refractivity (Wildman–Crippen MR) is 66.4 cm³/mol. The van der Waals surface area contributed by atoms with E-state index in [1.807, 2.05) is 0 Å². The number of nitrogens with two attached hydrogens (primary N) is 1. The van der Waals surface area contributed by atoms with E-state index in [0.717, 1.165) is 12.8 Å². The summed E-state index contributed by atoms with van der Waals surface area (Å²) in [7, 11) is 1.61. The summed E-state index contributed by atoms with van der Waals surface area (Å²) in [5.74, 6) is 0.344. The highest BCUT2D eigenvalue weighted by atomic mass is 16.5. The second-order valence-electron chi connectivity index (χ2n) is 4.34. The molecule has 1 aromatic rings. The second-order valence-corrected chi connectivity index (χ2v) is 4.34. The lowest BCUT2D eigenvalue weighted by atomic mass is 10.2. The molecular formula is C12H17N3O3. The number of carbonyl (C=O) groups excluding carboxylic acids is 1. The van der Waals surface area contributed by atoms with Gasteiger partial charge in [-0.25, -0.2) is 4.98 Å². The molecule has 0 saturated heterocycles. The van der Waals surface area contributed by atoms with Gasteiger partial charge < -0.3 is 20.5 Å². The van der Waals surface area contributed by atoms with E-state index < -0.39 is 5.54 Å². The Hall–Kier alpha value is -1.66. The Morgan fingerprint density at radius 1 is 1.50 bits per heavy atom. The van der Waals surface area contributed by atoms with Gasteiger partial charge in [-0.15, -0.1) is 0 Å². The number of aromatic nitrogens is 1. The van der Waals surface area contributed by atoms with E-state index >= 15 is 0 Å². The number of hydrogen-bond acceptors (Lipinski definition) is 5. The van der Waals surface area contributed by atoms with E-state index in [1.165, 1.54) is 0 Å². The van der Waals surface area contributed by atoms with Crippen LogP contribution in [0.3, 0.4) is 0 Å². The molecule has 0 aliphatic heterocycles. The summed E-state index contributed by atoms with van der Waals surface area (Å²) in [6, 6.07) is 3.43. The van der Waals surface area contributed by atoms with Gasteiger partial charge in [-0.3, -0.25) is 4.79 Å². The van der Waals surface area contributed by atoms with E-state index in [-0.39, 0.29) is 5.91 Å². The van der Waals surface area contributed by atoms with Gasteiger partial charge in [0.15, 0.2) is 0 Å². The summed E-state index contributed by atoms with van der Waals surface area (Å²) in [6.07, 6.45) is 3.03. The minimum absolute atomic E-state index is 0.155. The monoisotopic (exact) mass is 251 g/mol. The Kier molecular flexibility index (Phi) is 3.78. The zero-order valence-electron chi connectivity index (χ0n) is 10.3. The van der Waals surface area contributed by atoms with Crippen molar-refractivity contribution in [1.82, 2.24) is 4.98 Å². The Morgan fingerprint density at radius 3 is 2.83 bits per heavy atom. The number of hydrogen-bond donors (Lipinski definition) is 2. The Morgan fingerprint density at radius 2 is 2.28 bits per heavy atom. The fraction of sp³-hybridized carbons (Fsp3) is 0.500. The molecule has 3 N–H and O–H groups in total. The molecule has 1 fully saturated rings. The molecule has 1 aliphatic rings. The van der Waals surface area contributed by atoms with Gasteiger partial charge in [0.25, 0.3) is 0 Å². The quantitative estimate of drug-likeness (QED) is 0.720. The molecule has 1 saturated carbocycles. The normalized spacial score (nSPS) is 16.1. The molecule has 0 aromatic carbocycles. The number of rotatable bonds is 6. The average Bonchev–Trinajstić information content (AvgIpc) is 3.11. The first-order valence-corrected chi connectivity index (χ1v) is 5.82. The third-order valence-corrected chi connectivity index (χ3v) is 2.77. The number of anilines is 1. The van der Waals surface area contributed by atoms with Gasteiger partial charge >= 0.3 is 0 Å². The third-order valence-electron chi connectivity index (χ3n) is 2.77. The van der Waals surface area contributed by atoms with E-state index in [4.69, 9.17) is 15.2 Å². The molecular weight excluding hydrogens is 234 g/mol. The molecule has 2 rings (SSSR count). The summed E-state index contributed by atoms with van der Waals surface area (Å²) >= 11 is 0. The minimum Gasteiger partial charge on any atom is -0.475 e. The maximum Gasteiger partial charge on any atom is 0.244 e. The van der Waals surface area contributed by atoms with E-state index in [1.54, 1.807) is 25.4 Å². The number of methoxy groups -OCH3 is 1. The summed E-state index contributed by atoms with van der Waals surface area (Å²) < 4.78 is 10.2. The SMILES string of the molecule is COCCOc1ccc(NC(=O)C2(N)CC2)cn1. The molecule has 0 bridgehead atoms. The van der Waals surface area contributed by atoms with Gasteiger partial charge in [-0.1, -0.05) is 0 Å². The fourth-order valence-corrected chi connectivity index (χ4v) is 1.39. The van der Waals surface area contributed by atoms with Crippen LogP contribution in [0.1, 0.15) is 12.8 Å². The van der Waals surface area contributed by atoms with Crippen molar-refractivity contribution in [2.45, 2.75) is 18.4 Å². The van der Waals surface area contributed by atoms with Crippen molar-refractivity contribution in [3.8, 4) is 5.88 Å². The number of nitrogens with zero attached hydrogens (tertiary/aromatic N) is 1. The second kappa shape index (κ2) is 5.32. The van der Waals surface area contributed by atoms with E-state index in [9.17, 15) is 4.79 Å². The average molecular weight is 251 g/mol. The Balaban J connectivity index is 1.85. The van der Waals surface area contributed by atoms with Crippen LogP contribution < -0.4 is 15.8 Å². The first-order valence-electron chi connectivity index (χ1n) is 5.82. The van der Waals surface area contributed by atoms with E-state index in [2.05, 4.69) is 10.3 Å². The van der Waals surface area contributed by atoms with Crippen molar-refractivity contribution in [1.29, 1.82) is 0 Å². The van der Waals surface area contributed by atoms with Crippen molar-refractivity contribution in [3.63, 3.8) is 0 Å². The number of pyridine rings is 1. The lowest BCUT2D eigenvalue weighted by Crippen LogP contribution is -2.37. The summed E-state index contributed by atoms with van der Waals surface area (Å²) in [4.78, 5) is 15.8. The lowest BCUT2D eigenvalue weighted by molar-refractivity contribution is -0.118. The van der Waals surface area contributed by atoms with Crippen LogP contribution in [-0.2, 0) is 9.53 Å². The molecule has 6 heteroatoms. The molecule has 0 spiro atoms. The van der Waals surface area contributed by atoms with Crippen molar-refractivity contribution in [3.05, 3.63) is 18.3 Å². The van der Waals surface area contributed by atoms with Crippen LogP contribution >= 0.6 is 0 Å². The topological polar surface area (TPSA) is 86.5 Å². The summed E-state index contributed by atoms with van der Waals surface area (Å²) in [5.41, 5.74) is 5.73. The van der Waals surface area contributed by atoms with Crippen molar-refractivity contribution >= 4 is 11.6 Å². The van der Waals surface area contributed by atoms with Crippen LogP contribution in [0, 0.1) is 0 Å². The summed E-state index contributed by atoms with van der Waals surface area (Å²) in [6.45, 7) is 0.955. The van der Waals surface area contributed by atoms with Gasteiger partial charge in [0, 0.05) is 13.2 Å². The molecule has 1 aliphatic carbocycles. The fourth-order valence-electron chi connectivity index (χ4n) is 1.39. The predicted octanol–water partition coefficient (Wildman–Crippen LogP) is 0.537. The van der Waals surface area contributed by atoms with Crippen molar-refractivity contribution in [2.75, 3.05) is 25.6 Å². The zero-order valence-corrected chi connectivity index (χ0v) is 10.3. The molecule has 6 nitrogen and oxygen atoms in total. The van der Waals surface area contributed by atoms with Gasteiger partial charge in [0.1, 0.15) is 6.61 Å². The van der Waals surface area contributed by atoms with Crippen LogP contribution in [0.2, 0.25) is 0 Å². The van der Waals surface area contributed by atoms with E-state index in [0.29, 0.717) is 24.8 Å². The molecule has 1 aromatic heterocycles. The first-order chi connectivity index (χ1) is 8.64. The molecule has 0 atom stereocenters. The highest BCUT2D eigenvalue weighted by molar-refractivity contribution is 5.99. The maximum absolute atomic E-state index is 11.7. The van der Waals surface area contributed by atoms with Crippen LogP contribution in [0.4, 0.5) is 5.69 Å². The maximum atomic E-state index is 11.7. The number of carbonyl (C=O) groups is 1. The molecule has 98 valence electrons. The minimum atomic E-state index is -0.673. The number of ether oxygens (including phenoxy) is 2. The van der Waals surface area contributed by atoms with Crippen molar-refractivity contribution < 1.29 is 14.3 Å². The largest absolute Gasteiger partial charge is 0.475 e. The van der Waals surface area contributed by atoms with Crippen molar-refractivity contribution in [2.24, 2.45) is 5.73 Å². The molecule has 0 radical (unpaired) electrons. The Bertz CT molecular complexity index is 415. The van der Waals surface area contributed by atoms with Crippen LogP contribution in [-0.4, -0.2) is 36.8 Å². The third kappa shape index (κ3) is 3.18. The lowest BCUT2D eigenvalue weighted by Gasteiger charge is -2.10. The van der Waals surface area contributed by atoms with Gasteiger partial charge in [-0.2, -0.15) is 0 Å². The standard InChI is InChI=1S/C12H17N3O3/c1-17-6-7-18-10-3-2-9(8-14-10)15-11(16)12(13)4-5-12/h2-3,8H,4-7,13H2,1H3,(H,15,16). The van der Waals surface area contributed by atoms with Gasteiger partial charge in [0.2, 0.25) is 11.8 Å². The molecule has 18 heavy (non-hydrogen) atoms. The van der Waals surface area contributed by atoms with Crippen LogP contribution in [0.5, 0.6) is 5.88 Å². The zero-order chi connectivity index (χ0) is 13.0. The summed E-state index contributed by atoms with van der Waals surface area (Å²) in [5, 5.41) is 2.73. The van der Waals surface area contributed by atoms with Gasteiger partial charge in [-0.05, 0) is 18.9 Å². The number of nitrogens with one attached hydrogen (secondary N) is 1. The highest BCUT2D eigenvalue weighted by Crippen LogP contribution is 2.33. The Labute approximate surface area is 105 Å². The van der Waals surface area contributed by atoms with Crippen LogP contribution in [0.15, 0.2) is 18.3 Å². The molecule has 1 amide bonds. The smallest absolute Gasteiger partial charge is 0.244 e. The van der Waals surface area contributed by atoms with Gasteiger partial charge in [0.05, 0.1) is 24.0 Å². The molecule has 0 unspecified atom stereocenters. The first kappa shape index (κ1) is 12.8. The molecule has 1 heterocycles.